The lowest BCUT2D eigenvalue weighted by atomic mass is 9.84. The van der Waals surface area contributed by atoms with Gasteiger partial charge in [-0.1, -0.05) is 12.8 Å². The summed E-state index contributed by atoms with van der Waals surface area (Å²) in [6.45, 7) is -0.430. The molecular formula is C18H19F2N3O3. The van der Waals surface area contributed by atoms with Crippen LogP contribution in [0.1, 0.15) is 32.1 Å². The van der Waals surface area contributed by atoms with Crippen LogP contribution in [0.5, 0.6) is 0 Å². The summed E-state index contributed by atoms with van der Waals surface area (Å²) in [6.07, 6.45) is 4.77. The molecule has 1 N–H and O–H groups in total. The van der Waals surface area contributed by atoms with Crippen LogP contribution in [0.3, 0.4) is 0 Å². The molecule has 0 spiro atoms. The van der Waals surface area contributed by atoms with Crippen molar-refractivity contribution in [2.75, 3.05) is 11.9 Å². The van der Waals surface area contributed by atoms with E-state index in [1.54, 1.807) is 4.90 Å². The van der Waals surface area contributed by atoms with E-state index >= 15 is 0 Å². The molecular weight excluding hydrogens is 344 g/mol. The standard InChI is InChI=1S/C18H19F2N3O3/c19-12-6-5-11(8-13(12)20)21-16(24)9-22-17(25)15-7-10-3-1-2-4-14(10)23(15)18(22)26/h5-6,8,10,14-15H,1-4,7,9H2,(H,21,24). The average Bonchev–Trinajstić information content (AvgIpc) is 3.10. The molecule has 26 heavy (non-hydrogen) atoms. The number of carbonyl (C=O) groups excluding carboxylic acids is 3. The number of benzene rings is 1. The minimum absolute atomic E-state index is 0.0702. The van der Waals surface area contributed by atoms with Gasteiger partial charge in [0.2, 0.25) is 5.91 Å². The van der Waals surface area contributed by atoms with Crippen LogP contribution in [0.15, 0.2) is 18.2 Å². The third-order valence-corrected chi connectivity index (χ3v) is 5.60. The number of rotatable bonds is 3. The van der Waals surface area contributed by atoms with Gasteiger partial charge in [-0.05, 0) is 37.3 Å². The molecule has 4 rings (SSSR count). The van der Waals surface area contributed by atoms with E-state index in [4.69, 9.17) is 0 Å². The van der Waals surface area contributed by atoms with E-state index < -0.39 is 36.2 Å². The highest BCUT2D eigenvalue weighted by atomic mass is 19.2. The van der Waals surface area contributed by atoms with Crippen molar-refractivity contribution in [3.05, 3.63) is 29.8 Å². The number of amides is 4. The molecule has 4 amide bonds. The highest BCUT2D eigenvalue weighted by Crippen LogP contribution is 2.43. The third-order valence-electron chi connectivity index (χ3n) is 5.60. The van der Waals surface area contributed by atoms with Gasteiger partial charge in [0.05, 0.1) is 0 Å². The van der Waals surface area contributed by atoms with Gasteiger partial charge in [0, 0.05) is 17.8 Å². The topological polar surface area (TPSA) is 69.7 Å². The van der Waals surface area contributed by atoms with Crippen LogP contribution in [0, 0.1) is 17.6 Å². The maximum absolute atomic E-state index is 13.2. The first-order valence-electron chi connectivity index (χ1n) is 8.84. The van der Waals surface area contributed by atoms with Crippen molar-refractivity contribution < 1.29 is 23.2 Å². The zero-order valence-electron chi connectivity index (χ0n) is 14.1. The molecule has 3 aliphatic rings. The Hall–Kier alpha value is -2.51. The van der Waals surface area contributed by atoms with Crippen LogP contribution in [0.4, 0.5) is 19.3 Å². The molecule has 8 heteroatoms. The molecule has 6 nitrogen and oxygen atoms in total. The number of carbonyl (C=O) groups is 3. The van der Waals surface area contributed by atoms with Crippen LogP contribution in [0.2, 0.25) is 0 Å². The molecule has 1 aromatic rings. The monoisotopic (exact) mass is 363 g/mol. The second kappa shape index (κ2) is 6.34. The van der Waals surface area contributed by atoms with Gasteiger partial charge in [-0.15, -0.1) is 0 Å². The number of hydrogen-bond acceptors (Lipinski definition) is 3. The highest BCUT2D eigenvalue weighted by Gasteiger charge is 2.55. The number of fused-ring (bicyclic) bond motifs is 3. The summed E-state index contributed by atoms with van der Waals surface area (Å²) in [5.74, 6) is -2.70. The summed E-state index contributed by atoms with van der Waals surface area (Å²) in [5.41, 5.74) is 0.0702. The van der Waals surface area contributed by atoms with Crippen LogP contribution < -0.4 is 5.32 Å². The first-order chi connectivity index (χ1) is 12.5. The fourth-order valence-corrected chi connectivity index (χ4v) is 4.43. The quantitative estimate of drug-likeness (QED) is 0.839. The van der Waals surface area contributed by atoms with Crippen molar-refractivity contribution in [3.63, 3.8) is 0 Å². The fraction of sp³-hybridized carbons (Fsp3) is 0.500. The number of hydrogen-bond donors (Lipinski definition) is 1. The normalized spacial score (nSPS) is 27.5. The van der Waals surface area contributed by atoms with Crippen LogP contribution in [-0.2, 0) is 9.59 Å². The number of nitrogens with one attached hydrogen (secondary N) is 1. The molecule has 0 bridgehead atoms. The van der Waals surface area contributed by atoms with Gasteiger partial charge < -0.3 is 10.2 Å². The van der Waals surface area contributed by atoms with E-state index in [0.29, 0.717) is 12.3 Å². The number of nitrogens with zero attached hydrogens (tertiary/aromatic N) is 2. The number of anilines is 1. The predicted octanol–water partition coefficient (Wildman–Crippen LogP) is 2.50. The fourth-order valence-electron chi connectivity index (χ4n) is 4.43. The lowest BCUT2D eigenvalue weighted by Crippen LogP contribution is -2.43. The largest absolute Gasteiger partial charge is 0.328 e. The van der Waals surface area contributed by atoms with E-state index in [1.165, 1.54) is 6.07 Å². The summed E-state index contributed by atoms with van der Waals surface area (Å²) >= 11 is 0. The number of urea groups is 1. The van der Waals surface area contributed by atoms with Crippen LogP contribution in [-0.4, -0.2) is 46.3 Å². The van der Waals surface area contributed by atoms with E-state index in [9.17, 15) is 23.2 Å². The van der Waals surface area contributed by atoms with Crippen molar-refractivity contribution >= 4 is 23.5 Å². The zero-order valence-corrected chi connectivity index (χ0v) is 14.1. The van der Waals surface area contributed by atoms with E-state index in [0.717, 1.165) is 42.7 Å². The van der Waals surface area contributed by atoms with Crippen molar-refractivity contribution in [3.8, 4) is 0 Å². The van der Waals surface area contributed by atoms with Gasteiger partial charge in [0.1, 0.15) is 12.6 Å². The summed E-state index contributed by atoms with van der Waals surface area (Å²) in [5, 5.41) is 2.39. The van der Waals surface area contributed by atoms with Crippen LogP contribution >= 0.6 is 0 Å². The molecule has 0 radical (unpaired) electrons. The Morgan fingerprint density at radius 3 is 2.69 bits per heavy atom. The predicted molar refractivity (Wildman–Crippen MR) is 88.1 cm³/mol. The molecule has 3 unspecified atom stereocenters. The third kappa shape index (κ3) is 2.73. The Morgan fingerprint density at radius 2 is 1.92 bits per heavy atom. The van der Waals surface area contributed by atoms with Gasteiger partial charge in [-0.2, -0.15) is 0 Å². The first kappa shape index (κ1) is 16.9. The summed E-state index contributed by atoms with van der Waals surface area (Å²) < 4.78 is 26.2. The lowest BCUT2D eigenvalue weighted by molar-refractivity contribution is -0.131. The molecule has 3 fully saturated rings. The minimum atomic E-state index is -1.08. The van der Waals surface area contributed by atoms with Crippen molar-refractivity contribution in [1.82, 2.24) is 9.80 Å². The lowest BCUT2D eigenvalue weighted by Gasteiger charge is -2.30. The maximum Gasteiger partial charge on any atom is 0.328 e. The van der Waals surface area contributed by atoms with Gasteiger partial charge in [0.15, 0.2) is 11.6 Å². The molecule has 2 saturated heterocycles. The molecule has 0 aromatic heterocycles. The van der Waals surface area contributed by atoms with Crippen molar-refractivity contribution in [2.45, 2.75) is 44.2 Å². The summed E-state index contributed by atoms with van der Waals surface area (Å²) in [6, 6.07) is 2.17. The first-order valence-corrected chi connectivity index (χ1v) is 8.84. The molecule has 2 aliphatic heterocycles. The van der Waals surface area contributed by atoms with E-state index in [-0.39, 0.29) is 17.6 Å². The Bertz CT molecular complexity index is 785. The number of halogens is 2. The van der Waals surface area contributed by atoms with Gasteiger partial charge in [-0.25, -0.2) is 13.6 Å². The van der Waals surface area contributed by atoms with E-state index in [1.807, 2.05) is 0 Å². The SMILES string of the molecule is O=C(CN1C(=O)C2CC3CCCCC3N2C1=O)Nc1ccc(F)c(F)c1. The molecule has 138 valence electrons. The Kier molecular flexibility index (Phi) is 4.13. The van der Waals surface area contributed by atoms with Crippen molar-refractivity contribution in [2.24, 2.45) is 5.92 Å². The minimum Gasteiger partial charge on any atom is -0.324 e. The van der Waals surface area contributed by atoms with Gasteiger partial charge in [0.25, 0.3) is 5.91 Å². The second-order valence-corrected chi connectivity index (χ2v) is 7.15. The Morgan fingerprint density at radius 1 is 1.15 bits per heavy atom. The summed E-state index contributed by atoms with van der Waals surface area (Å²) in [7, 11) is 0. The average molecular weight is 363 g/mol. The molecule has 1 aromatic carbocycles. The zero-order chi connectivity index (χ0) is 18.4. The van der Waals surface area contributed by atoms with Crippen molar-refractivity contribution in [1.29, 1.82) is 0 Å². The molecule has 1 saturated carbocycles. The Labute approximate surface area is 149 Å². The van der Waals surface area contributed by atoms with E-state index in [2.05, 4.69) is 5.32 Å². The van der Waals surface area contributed by atoms with Gasteiger partial charge >= 0.3 is 6.03 Å². The maximum atomic E-state index is 13.2. The summed E-state index contributed by atoms with van der Waals surface area (Å²) in [4.78, 5) is 40.1. The molecule has 1 aliphatic carbocycles. The molecule has 2 heterocycles. The van der Waals surface area contributed by atoms with Crippen LogP contribution in [0.25, 0.3) is 0 Å². The number of imide groups is 1. The smallest absolute Gasteiger partial charge is 0.324 e. The second-order valence-electron chi connectivity index (χ2n) is 7.15. The van der Waals surface area contributed by atoms with Gasteiger partial charge in [-0.3, -0.25) is 14.5 Å². The highest BCUT2D eigenvalue weighted by molar-refractivity contribution is 6.08. The Balaban J connectivity index is 1.44. The molecule has 3 atom stereocenters.